The quantitative estimate of drug-likeness (QED) is 0.717. The first-order chi connectivity index (χ1) is 10.2. The Balaban J connectivity index is 0.00000144. The zero-order valence-corrected chi connectivity index (χ0v) is 13.1. The summed E-state index contributed by atoms with van der Waals surface area (Å²) in [5.74, 6) is 0.367. The largest absolute Gasteiger partial charge is 0.317 e. The number of aryl methyl sites for hydroxylation is 1. The van der Waals surface area contributed by atoms with Gasteiger partial charge in [0.2, 0.25) is 0 Å². The van der Waals surface area contributed by atoms with Gasteiger partial charge in [-0.1, -0.05) is 0 Å². The summed E-state index contributed by atoms with van der Waals surface area (Å²) in [7, 11) is 0. The lowest BCUT2D eigenvalue weighted by atomic mass is 9.94. The minimum Gasteiger partial charge on any atom is -0.317 e. The predicted octanol–water partition coefficient (Wildman–Crippen LogP) is 1.77. The molecule has 4 rings (SSSR count). The Bertz CT molecular complexity index is 879. The average molecular weight is 320 g/mol. The maximum Gasteiger partial charge on any atom is 0.251 e. The monoisotopic (exact) mass is 319 g/mol. The molecule has 0 saturated carbocycles. The summed E-state index contributed by atoms with van der Waals surface area (Å²) in [5.41, 5.74) is 3.28. The van der Waals surface area contributed by atoms with Crippen LogP contribution in [0.2, 0.25) is 0 Å². The predicted molar refractivity (Wildman–Crippen MR) is 87.9 cm³/mol. The fourth-order valence-corrected chi connectivity index (χ4v) is 3.13. The van der Waals surface area contributed by atoms with E-state index < -0.39 is 0 Å². The summed E-state index contributed by atoms with van der Waals surface area (Å²) in [6, 6.07) is 5.60. The molecular formula is C15H18ClN5O. The number of nitrogens with one attached hydrogen (secondary N) is 2. The third-order valence-corrected chi connectivity index (χ3v) is 4.20. The summed E-state index contributed by atoms with van der Waals surface area (Å²) in [4.78, 5) is 19.4. The Hall–Kier alpha value is -1.92. The molecular weight excluding hydrogens is 302 g/mol. The lowest BCUT2D eigenvalue weighted by molar-refractivity contribution is 0.446. The van der Waals surface area contributed by atoms with Crippen LogP contribution in [0.4, 0.5) is 0 Å². The Morgan fingerprint density at radius 1 is 1.27 bits per heavy atom. The van der Waals surface area contributed by atoms with Crippen LogP contribution in [0.1, 0.15) is 30.1 Å². The van der Waals surface area contributed by atoms with E-state index in [0.717, 1.165) is 48.4 Å². The lowest BCUT2D eigenvalue weighted by Crippen LogP contribution is -2.28. The van der Waals surface area contributed by atoms with Crippen molar-refractivity contribution in [1.82, 2.24) is 24.9 Å². The number of piperidine rings is 1. The van der Waals surface area contributed by atoms with Gasteiger partial charge < -0.3 is 10.3 Å². The first-order valence-corrected chi connectivity index (χ1v) is 7.32. The number of H-pyrrole nitrogens is 1. The Labute approximate surface area is 133 Å². The SMILES string of the molecule is Cc1ccc2c(n1)nn1c(C3CCNCC3)cc(=O)[nH]c21.Cl. The van der Waals surface area contributed by atoms with Crippen LogP contribution >= 0.6 is 12.4 Å². The number of rotatable bonds is 1. The van der Waals surface area contributed by atoms with Gasteiger partial charge in [-0.25, -0.2) is 9.50 Å². The van der Waals surface area contributed by atoms with Gasteiger partial charge in [0.25, 0.3) is 5.56 Å². The van der Waals surface area contributed by atoms with Crippen molar-refractivity contribution >= 4 is 29.1 Å². The van der Waals surface area contributed by atoms with E-state index in [-0.39, 0.29) is 18.0 Å². The van der Waals surface area contributed by atoms with E-state index in [1.807, 2.05) is 23.6 Å². The van der Waals surface area contributed by atoms with Gasteiger partial charge in [0.1, 0.15) is 5.65 Å². The van der Waals surface area contributed by atoms with E-state index in [0.29, 0.717) is 11.6 Å². The van der Waals surface area contributed by atoms with Gasteiger partial charge in [-0.05, 0) is 45.0 Å². The second kappa shape index (κ2) is 5.70. The van der Waals surface area contributed by atoms with E-state index in [4.69, 9.17) is 0 Å². The van der Waals surface area contributed by atoms with Gasteiger partial charge in [-0.15, -0.1) is 17.5 Å². The number of fused-ring (bicyclic) bond motifs is 3. The van der Waals surface area contributed by atoms with Gasteiger partial charge in [-0.3, -0.25) is 4.79 Å². The van der Waals surface area contributed by atoms with Crippen LogP contribution in [0.25, 0.3) is 16.7 Å². The molecule has 1 fully saturated rings. The first kappa shape index (κ1) is 15.0. The maximum atomic E-state index is 12.0. The minimum atomic E-state index is -0.0709. The second-order valence-corrected chi connectivity index (χ2v) is 5.67. The molecule has 22 heavy (non-hydrogen) atoms. The number of pyridine rings is 1. The summed E-state index contributed by atoms with van der Waals surface area (Å²) in [5, 5.41) is 8.86. The molecule has 0 radical (unpaired) electrons. The van der Waals surface area contributed by atoms with Crippen LogP contribution in [0.3, 0.4) is 0 Å². The fraction of sp³-hybridized carbons (Fsp3) is 0.400. The van der Waals surface area contributed by atoms with Crippen LogP contribution in [-0.2, 0) is 0 Å². The Morgan fingerprint density at radius 2 is 2.05 bits per heavy atom. The summed E-state index contributed by atoms with van der Waals surface area (Å²) in [6.07, 6.45) is 2.06. The van der Waals surface area contributed by atoms with E-state index in [9.17, 15) is 4.79 Å². The smallest absolute Gasteiger partial charge is 0.251 e. The van der Waals surface area contributed by atoms with Crippen molar-refractivity contribution in [3.05, 3.63) is 39.9 Å². The van der Waals surface area contributed by atoms with Crippen molar-refractivity contribution in [1.29, 1.82) is 0 Å². The van der Waals surface area contributed by atoms with E-state index in [1.165, 1.54) is 0 Å². The van der Waals surface area contributed by atoms with Crippen LogP contribution in [0, 0.1) is 6.92 Å². The van der Waals surface area contributed by atoms with Gasteiger partial charge in [-0.2, -0.15) is 0 Å². The normalized spacial score (nSPS) is 16.0. The molecule has 0 atom stereocenters. The number of hydrogen-bond donors (Lipinski definition) is 2. The molecule has 1 aliphatic heterocycles. The molecule has 3 aromatic heterocycles. The number of aromatic amines is 1. The number of aromatic nitrogens is 4. The Kier molecular flexibility index (Phi) is 3.88. The maximum absolute atomic E-state index is 12.0. The number of halogens is 1. The number of hydrogen-bond acceptors (Lipinski definition) is 4. The zero-order chi connectivity index (χ0) is 14.4. The molecule has 7 heteroatoms. The summed E-state index contributed by atoms with van der Waals surface area (Å²) >= 11 is 0. The lowest BCUT2D eigenvalue weighted by Gasteiger charge is -2.22. The van der Waals surface area contributed by atoms with Crippen molar-refractivity contribution in [3.63, 3.8) is 0 Å². The molecule has 6 nitrogen and oxygen atoms in total. The molecule has 1 saturated heterocycles. The van der Waals surface area contributed by atoms with Crippen LogP contribution in [-0.4, -0.2) is 32.7 Å². The molecule has 0 bridgehead atoms. The average Bonchev–Trinajstić information content (AvgIpc) is 2.84. The highest BCUT2D eigenvalue weighted by molar-refractivity contribution is 5.89. The highest BCUT2D eigenvalue weighted by atomic mass is 35.5. The zero-order valence-electron chi connectivity index (χ0n) is 12.3. The van der Waals surface area contributed by atoms with E-state index >= 15 is 0 Å². The van der Waals surface area contributed by atoms with Gasteiger partial charge in [0.15, 0.2) is 5.65 Å². The number of nitrogens with zero attached hydrogens (tertiary/aromatic N) is 3. The fourth-order valence-electron chi connectivity index (χ4n) is 3.13. The van der Waals surface area contributed by atoms with Crippen molar-refractivity contribution in [3.8, 4) is 0 Å². The molecule has 2 N–H and O–H groups in total. The highest BCUT2D eigenvalue weighted by Gasteiger charge is 2.20. The minimum absolute atomic E-state index is 0. The van der Waals surface area contributed by atoms with Crippen molar-refractivity contribution in [2.75, 3.05) is 13.1 Å². The molecule has 4 heterocycles. The van der Waals surface area contributed by atoms with E-state index in [1.54, 1.807) is 6.07 Å². The third kappa shape index (κ3) is 2.38. The highest BCUT2D eigenvalue weighted by Crippen LogP contribution is 2.26. The van der Waals surface area contributed by atoms with Crippen LogP contribution in [0.15, 0.2) is 23.0 Å². The molecule has 0 unspecified atom stereocenters. The summed E-state index contributed by atoms with van der Waals surface area (Å²) in [6.45, 7) is 3.91. The standard InChI is InChI=1S/C15H17N5O.ClH/c1-9-2-3-11-14(17-9)19-20-12(8-13(21)18-15(11)20)10-4-6-16-7-5-10;/h2-3,8,10,16H,4-7H2,1H3,(H,18,21);1H. The molecule has 0 aromatic carbocycles. The van der Waals surface area contributed by atoms with Crippen LogP contribution < -0.4 is 10.9 Å². The van der Waals surface area contributed by atoms with Crippen LogP contribution in [0.5, 0.6) is 0 Å². The second-order valence-electron chi connectivity index (χ2n) is 5.67. The van der Waals surface area contributed by atoms with Crippen molar-refractivity contribution < 1.29 is 0 Å². The van der Waals surface area contributed by atoms with Crippen molar-refractivity contribution in [2.45, 2.75) is 25.7 Å². The topological polar surface area (TPSA) is 75.1 Å². The Morgan fingerprint density at radius 3 is 2.82 bits per heavy atom. The molecule has 1 aliphatic rings. The molecule has 3 aromatic rings. The molecule has 0 amide bonds. The van der Waals surface area contributed by atoms with Gasteiger partial charge >= 0.3 is 0 Å². The first-order valence-electron chi connectivity index (χ1n) is 7.32. The molecule has 116 valence electrons. The third-order valence-electron chi connectivity index (χ3n) is 4.20. The van der Waals surface area contributed by atoms with E-state index in [2.05, 4.69) is 20.4 Å². The molecule has 0 spiro atoms. The van der Waals surface area contributed by atoms with Crippen molar-refractivity contribution in [2.24, 2.45) is 0 Å². The molecule has 0 aliphatic carbocycles. The van der Waals surface area contributed by atoms with Gasteiger partial charge in [0.05, 0.1) is 11.1 Å². The summed E-state index contributed by atoms with van der Waals surface area (Å²) < 4.78 is 1.87. The van der Waals surface area contributed by atoms with Gasteiger partial charge in [0, 0.05) is 17.7 Å².